The Bertz CT molecular complexity index is 330. The van der Waals surface area contributed by atoms with Crippen LogP contribution >= 0.6 is 0 Å². The first kappa shape index (κ1) is 10.6. The van der Waals surface area contributed by atoms with E-state index in [1.54, 1.807) is 27.8 Å². The Morgan fingerprint density at radius 2 is 2.14 bits per heavy atom. The molecule has 0 atom stereocenters. The molecule has 0 saturated carbocycles. The highest BCUT2D eigenvalue weighted by molar-refractivity contribution is 5.88. The van der Waals surface area contributed by atoms with Crippen molar-refractivity contribution in [1.29, 1.82) is 0 Å². The summed E-state index contributed by atoms with van der Waals surface area (Å²) < 4.78 is 6.55. The molecule has 0 unspecified atom stereocenters. The van der Waals surface area contributed by atoms with Gasteiger partial charge in [0.2, 0.25) is 0 Å². The fourth-order valence-electron chi connectivity index (χ4n) is 0.912. The van der Waals surface area contributed by atoms with Crippen molar-refractivity contribution < 1.29 is 9.53 Å². The average Bonchev–Trinajstić information content (AvgIpc) is 2.28. The van der Waals surface area contributed by atoms with E-state index in [0.717, 1.165) is 0 Å². The Morgan fingerprint density at radius 3 is 2.50 bits per heavy atom. The summed E-state index contributed by atoms with van der Waals surface area (Å²) in [5.74, 6) is -0.0179. The van der Waals surface area contributed by atoms with E-state index >= 15 is 0 Å². The summed E-state index contributed by atoms with van der Waals surface area (Å²) in [5, 5.41) is 3.91. The van der Waals surface area contributed by atoms with Crippen LogP contribution < -0.4 is 5.73 Å². The lowest BCUT2D eigenvalue weighted by Gasteiger charge is -2.18. The molecule has 0 radical (unpaired) electrons. The summed E-state index contributed by atoms with van der Waals surface area (Å²) >= 11 is 0. The van der Waals surface area contributed by atoms with Crippen LogP contribution in [0.3, 0.4) is 0 Å². The van der Waals surface area contributed by atoms with E-state index in [1.165, 1.54) is 10.7 Å². The Morgan fingerprint density at radius 1 is 1.57 bits per heavy atom. The minimum atomic E-state index is -0.511. The standard InChI is InChI=1S/C9H15N3O2/c1-9(2,3)14-8(13)6-5-7(10)12(4)11-6/h5H,10H2,1-4H3. The van der Waals surface area contributed by atoms with Gasteiger partial charge >= 0.3 is 5.97 Å². The van der Waals surface area contributed by atoms with Gasteiger partial charge in [0.1, 0.15) is 11.4 Å². The van der Waals surface area contributed by atoms with E-state index in [9.17, 15) is 4.79 Å². The molecule has 1 aromatic heterocycles. The van der Waals surface area contributed by atoms with Gasteiger partial charge in [0.05, 0.1) is 0 Å². The fraction of sp³-hybridized carbons (Fsp3) is 0.556. The number of aryl methyl sites for hydroxylation is 1. The lowest BCUT2D eigenvalue weighted by molar-refractivity contribution is 0.00621. The van der Waals surface area contributed by atoms with Crippen LogP contribution in [0.25, 0.3) is 0 Å². The first-order chi connectivity index (χ1) is 6.29. The van der Waals surface area contributed by atoms with Gasteiger partial charge in [-0.05, 0) is 20.8 Å². The lowest BCUT2D eigenvalue weighted by atomic mass is 10.2. The number of nitrogen functional groups attached to an aromatic ring is 1. The van der Waals surface area contributed by atoms with Crippen LogP contribution in [0.5, 0.6) is 0 Å². The van der Waals surface area contributed by atoms with Crippen LogP contribution in [0.15, 0.2) is 6.07 Å². The zero-order valence-electron chi connectivity index (χ0n) is 8.87. The molecule has 0 aliphatic heterocycles. The molecular formula is C9H15N3O2. The Balaban J connectivity index is 2.80. The molecule has 0 aromatic carbocycles. The van der Waals surface area contributed by atoms with Crippen molar-refractivity contribution in [1.82, 2.24) is 9.78 Å². The normalized spacial score (nSPS) is 11.4. The number of hydrogen-bond acceptors (Lipinski definition) is 4. The molecule has 0 aliphatic carbocycles. The Kier molecular flexibility index (Phi) is 2.51. The molecule has 2 N–H and O–H groups in total. The van der Waals surface area contributed by atoms with Crippen molar-refractivity contribution in [2.24, 2.45) is 7.05 Å². The third kappa shape index (κ3) is 2.48. The van der Waals surface area contributed by atoms with Gasteiger partial charge in [-0.2, -0.15) is 5.10 Å². The number of rotatable bonds is 1. The summed E-state index contributed by atoms with van der Waals surface area (Å²) in [4.78, 5) is 11.5. The molecule has 14 heavy (non-hydrogen) atoms. The van der Waals surface area contributed by atoms with Gasteiger partial charge in [0.15, 0.2) is 5.69 Å². The van der Waals surface area contributed by atoms with Crippen LogP contribution in [0.1, 0.15) is 31.3 Å². The highest BCUT2D eigenvalue weighted by atomic mass is 16.6. The smallest absolute Gasteiger partial charge is 0.359 e. The van der Waals surface area contributed by atoms with E-state index < -0.39 is 11.6 Å². The highest BCUT2D eigenvalue weighted by Gasteiger charge is 2.20. The zero-order chi connectivity index (χ0) is 10.9. The summed E-state index contributed by atoms with van der Waals surface area (Å²) in [5.41, 5.74) is 5.26. The van der Waals surface area contributed by atoms with Gasteiger partial charge in [-0.1, -0.05) is 0 Å². The number of nitrogens with zero attached hydrogens (tertiary/aromatic N) is 2. The number of nitrogens with two attached hydrogens (primary N) is 1. The molecule has 78 valence electrons. The van der Waals surface area contributed by atoms with Crippen molar-refractivity contribution in [3.05, 3.63) is 11.8 Å². The van der Waals surface area contributed by atoms with E-state index in [4.69, 9.17) is 10.5 Å². The van der Waals surface area contributed by atoms with Gasteiger partial charge in [-0.25, -0.2) is 4.79 Å². The van der Waals surface area contributed by atoms with E-state index in [2.05, 4.69) is 5.10 Å². The second-order valence-corrected chi connectivity index (χ2v) is 4.08. The first-order valence-electron chi connectivity index (χ1n) is 4.32. The number of ether oxygens (including phenoxy) is 1. The Labute approximate surface area is 82.8 Å². The average molecular weight is 197 g/mol. The molecule has 0 saturated heterocycles. The second kappa shape index (κ2) is 3.32. The molecule has 1 heterocycles. The molecular weight excluding hydrogens is 182 g/mol. The summed E-state index contributed by atoms with van der Waals surface area (Å²) in [6, 6.07) is 1.49. The van der Waals surface area contributed by atoms with Crippen LogP contribution in [0.4, 0.5) is 5.82 Å². The monoisotopic (exact) mass is 197 g/mol. The maximum atomic E-state index is 11.5. The molecule has 0 amide bonds. The topological polar surface area (TPSA) is 70.1 Å². The third-order valence-electron chi connectivity index (χ3n) is 1.52. The molecule has 1 rings (SSSR count). The van der Waals surface area contributed by atoms with Crippen LogP contribution in [-0.2, 0) is 11.8 Å². The van der Waals surface area contributed by atoms with Crippen LogP contribution in [0.2, 0.25) is 0 Å². The molecule has 0 fully saturated rings. The van der Waals surface area contributed by atoms with Gasteiger partial charge in [-0.3, -0.25) is 4.68 Å². The molecule has 0 aliphatic rings. The maximum Gasteiger partial charge on any atom is 0.359 e. The largest absolute Gasteiger partial charge is 0.455 e. The number of anilines is 1. The zero-order valence-corrected chi connectivity index (χ0v) is 8.87. The predicted octanol–water partition coefficient (Wildman–Crippen LogP) is 0.958. The molecule has 5 heteroatoms. The number of carbonyl (C=O) groups excluding carboxylic acids is 1. The second-order valence-electron chi connectivity index (χ2n) is 4.08. The van der Waals surface area contributed by atoms with Gasteiger partial charge in [-0.15, -0.1) is 0 Å². The van der Waals surface area contributed by atoms with E-state index in [1.807, 2.05) is 0 Å². The van der Waals surface area contributed by atoms with Crippen LogP contribution in [-0.4, -0.2) is 21.4 Å². The SMILES string of the molecule is Cn1nc(C(=O)OC(C)(C)C)cc1N. The summed E-state index contributed by atoms with van der Waals surface area (Å²) in [6.45, 7) is 5.41. The van der Waals surface area contributed by atoms with Crippen molar-refractivity contribution >= 4 is 11.8 Å². The summed E-state index contributed by atoms with van der Waals surface area (Å²) in [7, 11) is 1.67. The minimum Gasteiger partial charge on any atom is -0.455 e. The maximum absolute atomic E-state index is 11.5. The summed E-state index contributed by atoms with van der Waals surface area (Å²) in [6.07, 6.45) is 0. The van der Waals surface area contributed by atoms with Crippen molar-refractivity contribution in [3.63, 3.8) is 0 Å². The lowest BCUT2D eigenvalue weighted by Crippen LogP contribution is -2.24. The van der Waals surface area contributed by atoms with Crippen molar-refractivity contribution in [3.8, 4) is 0 Å². The number of aromatic nitrogens is 2. The van der Waals surface area contributed by atoms with Crippen molar-refractivity contribution in [2.75, 3.05) is 5.73 Å². The van der Waals surface area contributed by atoms with Gasteiger partial charge < -0.3 is 10.5 Å². The van der Waals surface area contributed by atoms with E-state index in [0.29, 0.717) is 5.82 Å². The third-order valence-corrected chi connectivity index (χ3v) is 1.52. The minimum absolute atomic E-state index is 0.236. The molecule has 0 bridgehead atoms. The fourth-order valence-corrected chi connectivity index (χ4v) is 0.912. The number of esters is 1. The van der Waals surface area contributed by atoms with Gasteiger partial charge in [0.25, 0.3) is 0 Å². The molecule has 1 aromatic rings. The van der Waals surface area contributed by atoms with Crippen molar-refractivity contribution in [2.45, 2.75) is 26.4 Å². The van der Waals surface area contributed by atoms with E-state index in [-0.39, 0.29) is 5.69 Å². The first-order valence-corrected chi connectivity index (χ1v) is 4.32. The van der Waals surface area contributed by atoms with Gasteiger partial charge in [0, 0.05) is 13.1 Å². The molecule has 5 nitrogen and oxygen atoms in total. The number of carbonyl (C=O) groups is 1. The van der Waals surface area contributed by atoms with Crippen LogP contribution in [0, 0.1) is 0 Å². The highest BCUT2D eigenvalue weighted by Crippen LogP contribution is 2.12. The predicted molar refractivity (Wildman–Crippen MR) is 52.8 cm³/mol. The Hall–Kier alpha value is -1.52. The number of hydrogen-bond donors (Lipinski definition) is 1. The molecule has 0 spiro atoms. The quantitative estimate of drug-likeness (QED) is 0.681.